The highest BCUT2D eigenvalue weighted by atomic mass is 16.2. The van der Waals surface area contributed by atoms with Crippen LogP contribution in [0.25, 0.3) is 55.9 Å². The molecule has 0 saturated carbocycles. The van der Waals surface area contributed by atoms with E-state index in [0.29, 0.717) is 24.2 Å². The molecule has 0 radical (unpaired) electrons. The van der Waals surface area contributed by atoms with E-state index in [-0.39, 0.29) is 11.8 Å². The predicted molar refractivity (Wildman–Crippen MR) is 376 cm³/mol. The van der Waals surface area contributed by atoms with Gasteiger partial charge in [0.1, 0.15) is 0 Å². The van der Waals surface area contributed by atoms with E-state index in [1.807, 2.05) is 9.80 Å². The molecule has 0 atom stereocenters. The lowest BCUT2D eigenvalue weighted by molar-refractivity contribution is -0.124. The van der Waals surface area contributed by atoms with Crippen molar-refractivity contribution >= 4 is 45.5 Å². The highest BCUT2D eigenvalue weighted by Crippen LogP contribution is 2.48. The van der Waals surface area contributed by atoms with Crippen LogP contribution in [-0.4, -0.2) is 34.7 Å². The number of rotatable bonds is 26. The molecule has 4 nitrogen and oxygen atoms in total. The molecule has 2 aliphatic heterocycles. The number of carbonyl (C=O) groups excluding carboxylic acids is 2. The largest absolute Gasteiger partial charge is 0.307 e. The topological polar surface area (TPSA) is 40.6 Å². The number of carbonyl (C=O) groups is 2. The number of amides is 2. The third-order valence-corrected chi connectivity index (χ3v) is 17.9. The molecule has 0 spiro atoms. The normalized spacial score (nSPS) is 12.9. The van der Waals surface area contributed by atoms with E-state index in [1.165, 1.54) is 60.8 Å². The molecule has 12 rings (SSSR count). The highest BCUT2D eigenvalue weighted by molar-refractivity contribution is 6.30. The number of fused-ring (bicyclic) bond motifs is 1. The maximum atomic E-state index is 15.5. The lowest BCUT2D eigenvalue weighted by atomic mass is 9.85. The van der Waals surface area contributed by atoms with Crippen LogP contribution in [0.4, 0.5) is 0 Å². The highest BCUT2D eigenvalue weighted by Gasteiger charge is 2.48. The Kier molecular flexibility index (Phi) is 19.7. The first kappa shape index (κ1) is 60.4. The molecule has 10 aromatic rings. The number of benzene rings is 10. The van der Waals surface area contributed by atoms with Gasteiger partial charge in [0.05, 0.1) is 22.5 Å². The molecule has 2 heterocycles. The lowest BCUT2D eigenvalue weighted by Gasteiger charge is -2.26. The predicted octanol–water partition coefficient (Wildman–Crippen LogP) is 21.6. The van der Waals surface area contributed by atoms with Gasteiger partial charge in [0.25, 0.3) is 11.8 Å². The van der Waals surface area contributed by atoms with Crippen molar-refractivity contribution in [2.75, 3.05) is 13.1 Å². The fourth-order valence-corrected chi connectivity index (χ4v) is 13.3. The zero-order valence-corrected chi connectivity index (χ0v) is 52.2. The Morgan fingerprint density at radius 1 is 0.233 bits per heavy atom. The maximum absolute atomic E-state index is 15.5. The molecule has 0 fully saturated rings. The summed E-state index contributed by atoms with van der Waals surface area (Å²) in [6.45, 7) is 5.58. The second-order valence-corrected chi connectivity index (χ2v) is 23.9. The average Bonchev–Trinajstić information content (AvgIpc) is 1.59. The minimum absolute atomic E-state index is 0.0815. The van der Waals surface area contributed by atoms with Gasteiger partial charge < -0.3 is 9.80 Å². The second-order valence-electron chi connectivity index (χ2n) is 23.9. The van der Waals surface area contributed by atoms with E-state index >= 15 is 9.59 Å². The molecule has 0 unspecified atom stereocenters. The van der Waals surface area contributed by atoms with Crippen LogP contribution in [0, 0.1) is 0 Å². The van der Waals surface area contributed by atoms with Crippen LogP contribution >= 0.6 is 0 Å². The summed E-state index contributed by atoms with van der Waals surface area (Å²) in [6, 6.07) is 99.1. The van der Waals surface area contributed by atoms with Gasteiger partial charge in [0, 0.05) is 13.1 Å². The summed E-state index contributed by atoms with van der Waals surface area (Å²) in [6.07, 6.45) is 13.2. The summed E-state index contributed by atoms with van der Waals surface area (Å²) >= 11 is 0. The third-order valence-electron chi connectivity index (χ3n) is 17.9. The summed E-state index contributed by atoms with van der Waals surface area (Å²) in [4.78, 5) is 34.9. The molecule has 0 aliphatic carbocycles. The molecular formula is C86H80N2O2. The van der Waals surface area contributed by atoms with Crippen molar-refractivity contribution in [2.45, 2.75) is 90.9 Å². The molecule has 0 aromatic heterocycles. The first-order valence-electron chi connectivity index (χ1n) is 32.8. The zero-order valence-electron chi connectivity index (χ0n) is 52.2. The number of unbranched alkanes of at least 4 members (excludes halogenated alkanes) is 10. The first-order chi connectivity index (χ1) is 44.5. The van der Waals surface area contributed by atoms with Crippen molar-refractivity contribution in [2.24, 2.45) is 0 Å². The Balaban J connectivity index is 0.902. The van der Waals surface area contributed by atoms with Crippen LogP contribution in [0.1, 0.15) is 147 Å². The molecule has 10 aromatic carbocycles. The molecule has 0 bridgehead atoms. The van der Waals surface area contributed by atoms with Crippen molar-refractivity contribution in [1.29, 1.82) is 0 Å². The Bertz CT molecular complexity index is 3790. The summed E-state index contributed by atoms with van der Waals surface area (Å²) in [5, 5.41) is 0. The monoisotopic (exact) mass is 1170 g/mol. The smallest absolute Gasteiger partial charge is 0.261 e. The fraction of sp³-hybridized carbons (Fsp3) is 0.186. The van der Waals surface area contributed by atoms with Gasteiger partial charge in [-0.15, -0.1) is 0 Å². The minimum atomic E-state index is -0.0815. The van der Waals surface area contributed by atoms with Crippen LogP contribution in [0.3, 0.4) is 0 Å². The van der Waals surface area contributed by atoms with E-state index in [1.54, 1.807) is 0 Å². The van der Waals surface area contributed by atoms with Gasteiger partial charge in [-0.3, -0.25) is 9.59 Å². The van der Waals surface area contributed by atoms with Crippen LogP contribution < -0.4 is 0 Å². The number of nitrogens with zero attached hydrogens (tertiary/aromatic N) is 2. The van der Waals surface area contributed by atoms with E-state index in [9.17, 15) is 0 Å². The van der Waals surface area contributed by atoms with Crippen LogP contribution in [0.2, 0.25) is 0 Å². The molecule has 90 heavy (non-hydrogen) atoms. The van der Waals surface area contributed by atoms with E-state index in [0.717, 1.165) is 128 Å². The second kappa shape index (κ2) is 29.4. The third kappa shape index (κ3) is 13.4. The van der Waals surface area contributed by atoms with Crippen molar-refractivity contribution in [3.05, 3.63) is 346 Å². The molecule has 0 saturated heterocycles. The van der Waals surface area contributed by atoms with Gasteiger partial charge in [-0.05, 0) is 113 Å². The molecule has 2 aliphatic rings. The minimum Gasteiger partial charge on any atom is -0.307 e. The van der Waals surface area contributed by atoms with Gasteiger partial charge in [0.2, 0.25) is 0 Å². The Hall–Kier alpha value is -9.90. The number of hydrogen-bond donors (Lipinski definition) is 0. The fourth-order valence-electron chi connectivity index (χ4n) is 13.3. The van der Waals surface area contributed by atoms with Crippen molar-refractivity contribution in [3.8, 4) is 22.3 Å². The maximum Gasteiger partial charge on any atom is 0.261 e. The molecular weight excluding hydrogens is 1090 g/mol. The zero-order chi connectivity index (χ0) is 61.4. The standard InChI is InChI=1S/C86H80N2O2/c1-3-5-7-9-11-31-61-87-83(75-57-49-65(50-58-75)63-45-53-73(54-46-63)79(71-41-27-17-28-42-71)77(67-33-19-13-20-34-67)68-35-21-14-22-36-68)81-82(85(87)89)84(88(86(81)90)62-32-12-10-8-6-4-2)76-59-51-66(52-60-76)64-47-55-74(56-48-64)80(72-43-29-18-30-44-72)78(69-37-23-15-24-38-69)70-39-25-16-26-40-70/h13-30,33-60H,3-12,31-32,61-62H2,1-2H3. The van der Waals surface area contributed by atoms with E-state index in [4.69, 9.17) is 0 Å². The summed E-state index contributed by atoms with van der Waals surface area (Å²) in [5.74, 6) is -0.163. The Morgan fingerprint density at radius 3 is 0.678 bits per heavy atom. The summed E-state index contributed by atoms with van der Waals surface area (Å²) in [7, 11) is 0. The van der Waals surface area contributed by atoms with Gasteiger partial charge in [0.15, 0.2) is 0 Å². The molecule has 0 N–H and O–H groups in total. The van der Waals surface area contributed by atoms with E-state index < -0.39 is 0 Å². The summed E-state index contributed by atoms with van der Waals surface area (Å²) < 4.78 is 0. The van der Waals surface area contributed by atoms with Crippen LogP contribution in [0.15, 0.2) is 290 Å². The number of hydrogen-bond acceptors (Lipinski definition) is 2. The van der Waals surface area contributed by atoms with Crippen molar-refractivity contribution < 1.29 is 9.59 Å². The quantitative estimate of drug-likeness (QED) is 0.0400. The Labute approximate surface area is 534 Å². The van der Waals surface area contributed by atoms with Crippen molar-refractivity contribution in [1.82, 2.24) is 9.80 Å². The van der Waals surface area contributed by atoms with E-state index in [2.05, 4.69) is 293 Å². The Morgan fingerprint density at radius 2 is 0.433 bits per heavy atom. The van der Waals surface area contributed by atoms with Gasteiger partial charge >= 0.3 is 0 Å². The van der Waals surface area contributed by atoms with Gasteiger partial charge in [-0.25, -0.2) is 0 Å². The molecule has 446 valence electrons. The van der Waals surface area contributed by atoms with Crippen LogP contribution in [0.5, 0.6) is 0 Å². The SMILES string of the molecule is CCCCCCCCN1C(=O)C2=C(c3ccc(-c4ccc(C(=C(c5ccccc5)c5ccccc5)c5ccccc5)cc4)cc3)N(CCCCCCCC)C(=O)C2=C1c1ccc(-c2ccc(C(=C(c3ccccc3)c3ccccc3)c3ccccc3)cc2)cc1. The van der Waals surface area contributed by atoms with Gasteiger partial charge in [-0.2, -0.15) is 0 Å². The first-order valence-corrected chi connectivity index (χ1v) is 32.8. The average molecular weight is 1170 g/mol. The van der Waals surface area contributed by atoms with Crippen molar-refractivity contribution in [3.63, 3.8) is 0 Å². The lowest BCUT2D eigenvalue weighted by Crippen LogP contribution is -2.31. The van der Waals surface area contributed by atoms with Gasteiger partial charge in [-0.1, -0.05) is 357 Å². The molecule has 4 heteroatoms. The summed E-state index contributed by atoms with van der Waals surface area (Å²) in [5.41, 5.74) is 22.4. The molecule has 2 amide bonds. The van der Waals surface area contributed by atoms with Crippen LogP contribution in [-0.2, 0) is 9.59 Å².